The van der Waals surface area contributed by atoms with Crippen LogP contribution in [0.5, 0.6) is 0 Å². The zero-order valence-corrected chi connectivity index (χ0v) is 12.1. The predicted octanol–water partition coefficient (Wildman–Crippen LogP) is 1.93. The number of hydrogen-bond acceptors (Lipinski definition) is 3. The summed E-state index contributed by atoms with van der Waals surface area (Å²) in [6.45, 7) is 5.23. The van der Waals surface area contributed by atoms with E-state index in [2.05, 4.69) is 16.9 Å². The molecule has 2 aromatic rings. The van der Waals surface area contributed by atoms with E-state index < -0.39 is 11.7 Å². The number of likely N-dealkylation sites (tertiary alicyclic amines) is 1. The van der Waals surface area contributed by atoms with Crippen LogP contribution in [0.4, 0.5) is 4.39 Å². The standard InChI is InChI=1S/C15H19FN4O/c1-2-4-19-5-3-12(9-19)20-8-10-6-11(16)7-13(15(17)21)14(10)18-20/h6-8,12H,2-5,9H2,1H3,(H2,17,21). The summed E-state index contributed by atoms with van der Waals surface area (Å²) in [7, 11) is 0. The van der Waals surface area contributed by atoms with Gasteiger partial charge in [0.25, 0.3) is 5.91 Å². The lowest BCUT2D eigenvalue weighted by molar-refractivity contribution is 0.100. The minimum absolute atomic E-state index is 0.146. The lowest BCUT2D eigenvalue weighted by Crippen LogP contribution is -2.22. The second-order valence-electron chi connectivity index (χ2n) is 5.61. The Morgan fingerprint density at radius 1 is 1.52 bits per heavy atom. The van der Waals surface area contributed by atoms with Gasteiger partial charge >= 0.3 is 0 Å². The highest BCUT2D eigenvalue weighted by Gasteiger charge is 2.24. The van der Waals surface area contributed by atoms with E-state index in [4.69, 9.17) is 5.73 Å². The smallest absolute Gasteiger partial charge is 0.251 e. The summed E-state index contributed by atoms with van der Waals surface area (Å²) in [4.78, 5) is 13.8. The van der Waals surface area contributed by atoms with Gasteiger partial charge in [-0.25, -0.2) is 4.39 Å². The number of rotatable bonds is 4. The molecule has 2 N–H and O–H groups in total. The van der Waals surface area contributed by atoms with E-state index in [9.17, 15) is 9.18 Å². The maximum Gasteiger partial charge on any atom is 0.251 e. The van der Waals surface area contributed by atoms with Gasteiger partial charge in [-0.15, -0.1) is 0 Å². The van der Waals surface area contributed by atoms with Crippen LogP contribution in [0.3, 0.4) is 0 Å². The Labute approximate surface area is 122 Å². The summed E-state index contributed by atoms with van der Waals surface area (Å²) < 4.78 is 15.4. The summed E-state index contributed by atoms with van der Waals surface area (Å²) in [6.07, 6.45) is 3.96. The fraction of sp³-hybridized carbons (Fsp3) is 0.467. The number of carbonyl (C=O) groups excluding carboxylic acids is 1. The monoisotopic (exact) mass is 290 g/mol. The fourth-order valence-electron chi connectivity index (χ4n) is 3.04. The van der Waals surface area contributed by atoms with Crippen LogP contribution in [0.25, 0.3) is 10.9 Å². The Bertz CT molecular complexity index is 682. The number of carbonyl (C=O) groups is 1. The minimum Gasteiger partial charge on any atom is -0.366 e. The normalized spacial score (nSPS) is 19.4. The summed E-state index contributed by atoms with van der Waals surface area (Å²) in [5, 5.41) is 5.10. The van der Waals surface area contributed by atoms with E-state index in [0.29, 0.717) is 10.9 Å². The molecule has 6 heteroatoms. The second kappa shape index (κ2) is 5.44. The minimum atomic E-state index is -0.649. The van der Waals surface area contributed by atoms with Crippen molar-refractivity contribution in [2.24, 2.45) is 5.73 Å². The number of primary amides is 1. The largest absolute Gasteiger partial charge is 0.366 e. The molecule has 1 aliphatic heterocycles. The molecule has 1 aliphatic rings. The van der Waals surface area contributed by atoms with Gasteiger partial charge < -0.3 is 10.6 Å². The summed E-state index contributed by atoms with van der Waals surface area (Å²) in [6, 6.07) is 2.82. The molecule has 1 unspecified atom stereocenters. The Hall–Kier alpha value is -1.95. The predicted molar refractivity (Wildman–Crippen MR) is 78.6 cm³/mol. The van der Waals surface area contributed by atoms with Crippen LogP contribution in [-0.4, -0.2) is 40.2 Å². The highest BCUT2D eigenvalue weighted by molar-refractivity contribution is 6.04. The second-order valence-corrected chi connectivity index (χ2v) is 5.61. The zero-order valence-electron chi connectivity index (χ0n) is 12.1. The Morgan fingerprint density at radius 2 is 2.33 bits per heavy atom. The van der Waals surface area contributed by atoms with Gasteiger partial charge in [0, 0.05) is 24.7 Å². The van der Waals surface area contributed by atoms with Gasteiger partial charge in [0.2, 0.25) is 0 Å². The van der Waals surface area contributed by atoms with Gasteiger partial charge in [0.05, 0.1) is 11.6 Å². The molecule has 0 saturated carbocycles. The van der Waals surface area contributed by atoms with Crippen LogP contribution in [-0.2, 0) is 0 Å². The molecule has 5 nitrogen and oxygen atoms in total. The third-order valence-corrected chi connectivity index (χ3v) is 4.02. The average molecular weight is 290 g/mol. The number of fused-ring (bicyclic) bond motifs is 1. The van der Waals surface area contributed by atoms with Crippen LogP contribution >= 0.6 is 0 Å². The average Bonchev–Trinajstić information content (AvgIpc) is 3.04. The van der Waals surface area contributed by atoms with Crippen molar-refractivity contribution in [3.8, 4) is 0 Å². The molecule has 1 saturated heterocycles. The molecular weight excluding hydrogens is 271 g/mol. The van der Waals surface area contributed by atoms with Gasteiger partial charge in [0.1, 0.15) is 11.3 Å². The SMILES string of the molecule is CCCN1CCC(n2cc3cc(F)cc(C(N)=O)c3n2)C1. The molecule has 21 heavy (non-hydrogen) atoms. The number of nitrogens with two attached hydrogens (primary N) is 1. The number of amides is 1. The van der Waals surface area contributed by atoms with E-state index in [1.165, 1.54) is 6.07 Å². The van der Waals surface area contributed by atoms with Crippen LogP contribution in [0, 0.1) is 5.82 Å². The van der Waals surface area contributed by atoms with E-state index in [1.807, 2.05) is 10.9 Å². The van der Waals surface area contributed by atoms with E-state index in [0.717, 1.165) is 38.5 Å². The topological polar surface area (TPSA) is 64.2 Å². The molecule has 1 fully saturated rings. The number of hydrogen-bond donors (Lipinski definition) is 1. The summed E-state index contributed by atoms with van der Waals surface area (Å²) >= 11 is 0. The van der Waals surface area contributed by atoms with Gasteiger partial charge in [-0.3, -0.25) is 9.48 Å². The number of nitrogens with zero attached hydrogens (tertiary/aromatic N) is 3. The van der Waals surface area contributed by atoms with Gasteiger partial charge in [-0.05, 0) is 31.5 Å². The van der Waals surface area contributed by atoms with Crippen molar-refractivity contribution in [3.63, 3.8) is 0 Å². The molecule has 0 bridgehead atoms. The molecule has 0 spiro atoms. The van der Waals surface area contributed by atoms with Gasteiger partial charge in [0.15, 0.2) is 0 Å². The van der Waals surface area contributed by atoms with Crippen LogP contribution in [0.2, 0.25) is 0 Å². The number of benzene rings is 1. The van der Waals surface area contributed by atoms with Crippen molar-refractivity contribution >= 4 is 16.8 Å². The first-order chi connectivity index (χ1) is 10.1. The molecule has 1 amide bonds. The Balaban J connectivity index is 1.95. The van der Waals surface area contributed by atoms with Crippen LogP contribution in [0.15, 0.2) is 18.3 Å². The third-order valence-electron chi connectivity index (χ3n) is 4.02. The first-order valence-electron chi connectivity index (χ1n) is 7.29. The number of halogens is 1. The van der Waals surface area contributed by atoms with Crippen LogP contribution < -0.4 is 5.73 Å². The molecule has 3 rings (SSSR count). The lowest BCUT2D eigenvalue weighted by Gasteiger charge is -2.14. The van der Waals surface area contributed by atoms with Gasteiger partial charge in [-0.1, -0.05) is 6.92 Å². The first kappa shape index (κ1) is 14.0. The molecule has 1 atom stereocenters. The molecule has 2 heterocycles. The van der Waals surface area contributed by atoms with Crippen molar-refractivity contribution in [2.45, 2.75) is 25.8 Å². The van der Waals surface area contributed by atoms with Crippen molar-refractivity contribution in [1.82, 2.24) is 14.7 Å². The maximum atomic E-state index is 13.6. The van der Waals surface area contributed by atoms with Crippen molar-refractivity contribution in [2.75, 3.05) is 19.6 Å². The molecule has 1 aromatic carbocycles. The highest BCUT2D eigenvalue weighted by atomic mass is 19.1. The Kier molecular flexibility index (Phi) is 3.63. The van der Waals surface area contributed by atoms with E-state index >= 15 is 0 Å². The third kappa shape index (κ3) is 2.63. The first-order valence-corrected chi connectivity index (χ1v) is 7.29. The molecule has 112 valence electrons. The molecule has 1 aromatic heterocycles. The quantitative estimate of drug-likeness (QED) is 0.935. The summed E-state index contributed by atoms with van der Waals surface area (Å²) in [5.41, 5.74) is 5.94. The maximum absolute atomic E-state index is 13.6. The van der Waals surface area contributed by atoms with Crippen molar-refractivity contribution in [1.29, 1.82) is 0 Å². The lowest BCUT2D eigenvalue weighted by atomic mass is 10.1. The van der Waals surface area contributed by atoms with E-state index in [1.54, 1.807) is 0 Å². The molecule has 0 radical (unpaired) electrons. The van der Waals surface area contributed by atoms with Crippen molar-refractivity contribution < 1.29 is 9.18 Å². The fourth-order valence-corrected chi connectivity index (χ4v) is 3.04. The highest BCUT2D eigenvalue weighted by Crippen LogP contribution is 2.25. The van der Waals surface area contributed by atoms with Crippen molar-refractivity contribution in [3.05, 3.63) is 29.7 Å². The molecular formula is C15H19FN4O. The Morgan fingerprint density at radius 3 is 3.05 bits per heavy atom. The molecule has 0 aliphatic carbocycles. The summed E-state index contributed by atoms with van der Waals surface area (Å²) in [5.74, 6) is -1.11. The zero-order chi connectivity index (χ0) is 15.0. The van der Waals surface area contributed by atoms with Gasteiger partial charge in [-0.2, -0.15) is 5.10 Å². The van der Waals surface area contributed by atoms with E-state index in [-0.39, 0.29) is 11.6 Å². The number of aromatic nitrogens is 2. The van der Waals surface area contributed by atoms with Crippen LogP contribution in [0.1, 0.15) is 36.2 Å².